The lowest BCUT2D eigenvalue weighted by Crippen LogP contribution is -2.39. The molecule has 2 unspecified atom stereocenters. The van der Waals surface area contributed by atoms with Gasteiger partial charge in [-0.3, -0.25) is 10.6 Å². The second kappa shape index (κ2) is 16.3. The van der Waals surface area contributed by atoms with Crippen molar-refractivity contribution in [2.45, 2.75) is 12.2 Å². The molecule has 0 heterocycles. The number of aliphatic hydroxyl groups is 2. The Kier molecular flexibility index (Phi) is 16.3. The average Bonchev–Trinajstić information content (AvgIpc) is 2.49. The highest BCUT2D eigenvalue weighted by molar-refractivity contribution is 6.18. The Balaban J connectivity index is 3.16. The van der Waals surface area contributed by atoms with Crippen molar-refractivity contribution in [3.63, 3.8) is 0 Å². The Morgan fingerprint density at radius 1 is 0.905 bits per heavy atom. The van der Waals surface area contributed by atoms with Crippen LogP contribution < -0.4 is 21.7 Å². The van der Waals surface area contributed by atoms with Gasteiger partial charge in [0.05, 0.1) is 38.9 Å². The summed E-state index contributed by atoms with van der Waals surface area (Å²) in [5.74, 6) is 0.181. The fourth-order valence-corrected chi connectivity index (χ4v) is 1.47. The van der Waals surface area contributed by atoms with Crippen LogP contribution >= 0.6 is 11.6 Å². The fourth-order valence-electron chi connectivity index (χ4n) is 1.36. The van der Waals surface area contributed by atoms with E-state index in [1.54, 1.807) is 0 Å². The first-order chi connectivity index (χ1) is 10.2. The molecule has 21 heavy (non-hydrogen) atoms. The summed E-state index contributed by atoms with van der Waals surface area (Å²) in [6, 6.07) is 0. The molecule has 9 heteroatoms. The molecule has 0 aliphatic heterocycles. The highest BCUT2D eigenvalue weighted by Crippen LogP contribution is 1.85. The van der Waals surface area contributed by atoms with Gasteiger partial charge in [-0.15, -0.1) is 11.6 Å². The molecule has 0 radical (unpaired) electrons. The number of hydrogen-bond acceptors (Lipinski definition) is 8. The molecule has 7 N–H and O–H groups in total. The van der Waals surface area contributed by atoms with E-state index in [9.17, 15) is 10.2 Å². The quantitative estimate of drug-likeness (QED) is 0.106. The van der Waals surface area contributed by atoms with Gasteiger partial charge >= 0.3 is 0 Å². The second-order valence-corrected chi connectivity index (χ2v) is 4.78. The normalized spacial score (nSPS) is 14.3. The van der Waals surface area contributed by atoms with Gasteiger partial charge in [0.15, 0.2) is 0 Å². The molecule has 0 aliphatic carbocycles. The molecular formula is C12H29ClN4O4. The minimum absolute atomic E-state index is 0.181. The standard InChI is InChI=1S/C12H29ClN4O4/c13-5-11(18)6-16-7-12(19)8-17-10-21-4-2-15-9-20-3-1-14/h11-12,15-19H,1-10,14H2. The Hall–Kier alpha value is -0.0300. The number of hydrogen-bond donors (Lipinski definition) is 6. The zero-order valence-corrected chi connectivity index (χ0v) is 13.1. The van der Waals surface area contributed by atoms with Gasteiger partial charge in [0.1, 0.15) is 0 Å². The van der Waals surface area contributed by atoms with Gasteiger partial charge in [-0.2, -0.15) is 0 Å². The molecule has 0 saturated heterocycles. The monoisotopic (exact) mass is 328 g/mol. The first-order valence-corrected chi connectivity index (χ1v) is 7.64. The van der Waals surface area contributed by atoms with E-state index < -0.39 is 12.2 Å². The van der Waals surface area contributed by atoms with Gasteiger partial charge in [-0.25, -0.2) is 0 Å². The Labute approximate surface area is 131 Å². The third-order valence-corrected chi connectivity index (χ3v) is 2.77. The minimum Gasteiger partial charge on any atom is -0.391 e. The summed E-state index contributed by atoms with van der Waals surface area (Å²) in [6.45, 7) is 4.31. The number of ether oxygens (including phenoxy) is 2. The van der Waals surface area contributed by atoms with Gasteiger partial charge in [-0.05, 0) is 0 Å². The van der Waals surface area contributed by atoms with Crippen molar-refractivity contribution in [3.05, 3.63) is 0 Å². The average molecular weight is 329 g/mol. The zero-order valence-electron chi connectivity index (χ0n) is 12.4. The predicted octanol–water partition coefficient (Wildman–Crippen LogP) is -2.38. The van der Waals surface area contributed by atoms with E-state index in [-0.39, 0.29) is 5.88 Å². The number of halogens is 1. The van der Waals surface area contributed by atoms with Crippen molar-refractivity contribution in [2.24, 2.45) is 5.73 Å². The van der Waals surface area contributed by atoms with Crippen LogP contribution in [0.2, 0.25) is 0 Å². The Morgan fingerprint density at radius 3 is 2.24 bits per heavy atom. The summed E-state index contributed by atoms with van der Waals surface area (Å²) in [5.41, 5.74) is 5.27. The van der Waals surface area contributed by atoms with Gasteiger partial charge < -0.3 is 30.7 Å². The first-order valence-electron chi connectivity index (χ1n) is 7.10. The van der Waals surface area contributed by atoms with Crippen LogP contribution in [0.15, 0.2) is 0 Å². The summed E-state index contributed by atoms with van der Waals surface area (Å²) < 4.78 is 10.4. The summed E-state index contributed by atoms with van der Waals surface area (Å²) in [6.07, 6.45) is -1.13. The third-order valence-electron chi connectivity index (χ3n) is 2.41. The van der Waals surface area contributed by atoms with Crippen LogP contribution in [0.5, 0.6) is 0 Å². The molecule has 0 saturated carbocycles. The van der Waals surface area contributed by atoms with Crippen molar-refractivity contribution in [3.8, 4) is 0 Å². The number of aliphatic hydroxyl groups excluding tert-OH is 2. The van der Waals surface area contributed by atoms with E-state index in [0.717, 1.165) is 0 Å². The molecule has 0 aliphatic rings. The molecule has 0 aromatic heterocycles. The van der Waals surface area contributed by atoms with Gasteiger partial charge in [0.25, 0.3) is 0 Å². The van der Waals surface area contributed by atoms with E-state index in [0.29, 0.717) is 59.4 Å². The first kappa shape index (κ1) is 21.0. The van der Waals surface area contributed by atoms with Crippen LogP contribution in [0.25, 0.3) is 0 Å². The van der Waals surface area contributed by atoms with Crippen molar-refractivity contribution < 1.29 is 19.7 Å². The van der Waals surface area contributed by atoms with Crippen LogP contribution in [0.3, 0.4) is 0 Å². The molecular weight excluding hydrogens is 300 g/mol. The maximum Gasteiger partial charge on any atom is 0.0966 e. The van der Waals surface area contributed by atoms with Gasteiger partial charge in [0, 0.05) is 38.6 Å². The summed E-state index contributed by atoms with van der Waals surface area (Å²) >= 11 is 5.45. The number of nitrogens with two attached hydrogens (primary N) is 1. The second-order valence-electron chi connectivity index (χ2n) is 4.47. The highest BCUT2D eigenvalue weighted by Gasteiger charge is 2.05. The number of rotatable bonds is 16. The smallest absolute Gasteiger partial charge is 0.0966 e. The van der Waals surface area contributed by atoms with Crippen LogP contribution in [0.1, 0.15) is 0 Å². The van der Waals surface area contributed by atoms with E-state index in [1.165, 1.54) is 0 Å². The predicted molar refractivity (Wildman–Crippen MR) is 82.3 cm³/mol. The van der Waals surface area contributed by atoms with Crippen molar-refractivity contribution >= 4 is 11.6 Å². The summed E-state index contributed by atoms with van der Waals surface area (Å²) in [5, 5.41) is 27.8. The van der Waals surface area contributed by atoms with E-state index in [4.69, 9.17) is 26.8 Å². The molecule has 0 rings (SSSR count). The maximum atomic E-state index is 9.62. The van der Waals surface area contributed by atoms with E-state index in [2.05, 4.69) is 16.0 Å². The third kappa shape index (κ3) is 16.2. The van der Waals surface area contributed by atoms with Crippen molar-refractivity contribution in [1.82, 2.24) is 16.0 Å². The molecule has 0 bridgehead atoms. The zero-order chi connectivity index (χ0) is 15.8. The maximum absolute atomic E-state index is 9.62. The lowest BCUT2D eigenvalue weighted by Gasteiger charge is -2.14. The van der Waals surface area contributed by atoms with Crippen LogP contribution in [-0.2, 0) is 9.47 Å². The van der Waals surface area contributed by atoms with Crippen LogP contribution in [-0.4, -0.2) is 87.7 Å². The molecule has 2 atom stereocenters. The van der Waals surface area contributed by atoms with Crippen LogP contribution in [0, 0.1) is 0 Å². The van der Waals surface area contributed by atoms with Crippen molar-refractivity contribution in [1.29, 1.82) is 0 Å². The van der Waals surface area contributed by atoms with E-state index in [1.807, 2.05) is 0 Å². The number of nitrogens with one attached hydrogen (secondary N) is 3. The lowest BCUT2D eigenvalue weighted by atomic mass is 10.3. The molecule has 128 valence electrons. The largest absolute Gasteiger partial charge is 0.391 e. The Morgan fingerprint density at radius 2 is 1.52 bits per heavy atom. The summed E-state index contributed by atoms with van der Waals surface area (Å²) in [7, 11) is 0. The topological polar surface area (TPSA) is 121 Å². The molecule has 8 nitrogen and oxygen atoms in total. The van der Waals surface area contributed by atoms with Gasteiger partial charge in [0.2, 0.25) is 0 Å². The Bertz CT molecular complexity index is 218. The highest BCUT2D eigenvalue weighted by atomic mass is 35.5. The molecule has 0 aromatic carbocycles. The number of alkyl halides is 1. The lowest BCUT2D eigenvalue weighted by molar-refractivity contribution is 0.0829. The molecule has 0 amide bonds. The fraction of sp³-hybridized carbons (Fsp3) is 1.00. The van der Waals surface area contributed by atoms with Crippen molar-refractivity contribution in [2.75, 3.05) is 65.3 Å². The van der Waals surface area contributed by atoms with E-state index >= 15 is 0 Å². The molecule has 0 aromatic rings. The molecule has 0 spiro atoms. The molecule has 0 fully saturated rings. The van der Waals surface area contributed by atoms with Crippen LogP contribution in [0.4, 0.5) is 0 Å². The van der Waals surface area contributed by atoms with Gasteiger partial charge in [-0.1, -0.05) is 0 Å². The SMILES string of the molecule is NCCOCNCCOCNCC(O)CNCC(O)CCl. The summed E-state index contributed by atoms with van der Waals surface area (Å²) in [4.78, 5) is 0. The minimum atomic E-state index is -0.587.